The third-order valence-corrected chi connectivity index (χ3v) is 6.60. The van der Waals surface area contributed by atoms with Gasteiger partial charge in [-0.15, -0.1) is 36.4 Å². The number of fused-ring (bicyclic) bond motifs is 2. The van der Waals surface area contributed by atoms with Crippen molar-refractivity contribution in [2.24, 2.45) is 7.05 Å². The van der Waals surface area contributed by atoms with Gasteiger partial charge in [-0.2, -0.15) is 12.1 Å². The van der Waals surface area contributed by atoms with Crippen molar-refractivity contribution in [1.82, 2.24) is 14.1 Å². The van der Waals surface area contributed by atoms with Crippen LogP contribution in [0.4, 0.5) is 0 Å². The minimum absolute atomic E-state index is 0. The first kappa shape index (κ1) is 26.6. The molecule has 0 bridgehead atoms. The average Bonchev–Trinajstić information content (AvgIpc) is 3.45. The van der Waals surface area contributed by atoms with Gasteiger partial charge in [-0.25, -0.2) is 4.98 Å². The van der Waals surface area contributed by atoms with Crippen molar-refractivity contribution in [3.05, 3.63) is 126 Å². The maximum Gasteiger partial charge on any atom is 0.242 e. The molecule has 3 aromatic heterocycles. The first-order valence-electron chi connectivity index (χ1n) is 12.6. The molecule has 0 radical (unpaired) electrons. The monoisotopic (exact) mass is 691 g/mol. The van der Waals surface area contributed by atoms with E-state index < -0.39 is 0 Å². The zero-order valence-electron chi connectivity index (χ0n) is 22.3. The van der Waals surface area contributed by atoms with Gasteiger partial charge in [0.2, 0.25) is 6.33 Å². The van der Waals surface area contributed by atoms with Crippen molar-refractivity contribution >= 4 is 23.2 Å². The van der Waals surface area contributed by atoms with Gasteiger partial charge in [0.05, 0.1) is 18.1 Å². The van der Waals surface area contributed by atoms with Gasteiger partial charge in [0.25, 0.3) is 0 Å². The Hall–Kier alpha value is -3.95. The van der Waals surface area contributed by atoms with Crippen LogP contribution in [0.15, 0.2) is 97.0 Å². The van der Waals surface area contributed by atoms with Crippen molar-refractivity contribution in [2.75, 3.05) is 0 Å². The Morgan fingerprint density at radius 3 is 2.62 bits per heavy atom. The fraction of sp³-hybridized carbons (Fsp3) is 0.152. The zero-order chi connectivity index (χ0) is 26.3. The molecule has 5 nitrogen and oxygen atoms in total. The summed E-state index contributed by atoms with van der Waals surface area (Å²) in [6.07, 6.45) is 18.7. The minimum Gasteiger partial charge on any atom is -0.510 e. The summed E-state index contributed by atoms with van der Waals surface area (Å²) in [5, 5.41) is 1.92. The summed E-state index contributed by atoms with van der Waals surface area (Å²) in [6.45, 7) is 6.62. The Morgan fingerprint density at radius 1 is 0.949 bits per heavy atom. The Bertz CT molecular complexity index is 1850. The van der Waals surface area contributed by atoms with Gasteiger partial charge in [-0.05, 0) is 29.3 Å². The summed E-state index contributed by atoms with van der Waals surface area (Å²) in [4.78, 5) is 4.65. The molecule has 2 aromatic carbocycles. The molecule has 0 spiro atoms. The van der Waals surface area contributed by atoms with Crippen LogP contribution in [0, 0.1) is 12.4 Å². The number of rotatable bonds is 4. The van der Waals surface area contributed by atoms with Gasteiger partial charge in [0, 0.05) is 38.8 Å². The summed E-state index contributed by atoms with van der Waals surface area (Å²) in [5.74, 6) is 2.03. The van der Waals surface area contributed by atoms with Crippen LogP contribution in [-0.4, -0.2) is 14.1 Å². The second-order valence-electron chi connectivity index (χ2n) is 10.3. The molecule has 0 saturated carbocycles. The van der Waals surface area contributed by atoms with Gasteiger partial charge in [0.1, 0.15) is 5.82 Å². The number of aryl methyl sites for hydroxylation is 1. The molecule has 3 heterocycles. The van der Waals surface area contributed by atoms with E-state index in [1.807, 2.05) is 77.1 Å². The van der Waals surface area contributed by atoms with Crippen LogP contribution in [0.2, 0.25) is 0 Å². The summed E-state index contributed by atoms with van der Waals surface area (Å²) >= 11 is 0. The van der Waals surface area contributed by atoms with Crippen LogP contribution in [0.5, 0.6) is 5.75 Å². The molecule has 0 amide bonds. The molecule has 0 fully saturated rings. The van der Waals surface area contributed by atoms with Gasteiger partial charge >= 0.3 is 0 Å². The van der Waals surface area contributed by atoms with Crippen molar-refractivity contribution in [3.8, 4) is 17.3 Å². The second kappa shape index (κ2) is 10.7. The number of pyridine rings is 1. The third-order valence-electron chi connectivity index (χ3n) is 6.60. The summed E-state index contributed by atoms with van der Waals surface area (Å²) < 4.78 is 12.4. The van der Waals surface area contributed by atoms with E-state index in [1.54, 1.807) is 0 Å². The molecule has 1 aliphatic carbocycles. The molecule has 0 atom stereocenters. The Morgan fingerprint density at radius 2 is 1.77 bits per heavy atom. The molecular weight excluding hydrogens is 663 g/mol. The maximum absolute atomic E-state index is 6.33. The second-order valence-corrected chi connectivity index (χ2v) is 10.3. The van der Waals surface area contributed by atoms with E-state index in [2.05, 4.69) is 85.2 Å². The number of nitrogens with zero attached hydrogens (tertiary/aromatic N) is 4. The molecule has 198 valence electrons. The van der Waals surface area contributed by atoms with Crippen LogP contribution < -0.4 is 19.9 Å². The standard InChI is InChI=1S/C33H28N4O.Pt/c1-33(2,3)25-16-18-34-32(20-25)36-19-17-24-10-5-6-12-28(22-31(24)36)38-27-13-9-11-26(21-27)37-23-35(4)29-14-7-8-15-30(29)37;/h5-20H,1-4H3;/q-2;/b6-5-,10-5?,12-6?,24-10-,28-12+;. The van der Waals surface area contributed by atoms with Crippen molar-refractivity contribution in [3.63, 3.8) is 0 Å². The Balaban J connectivity index is 0.00000308. The van der Waals surface area contributed by atoms with E-state index in [0.717, 1.165) is 33.1 Å². The molecule has 0 saturated heterocycles. The topological polar surface area (TPSA) is 35.9 Å². The Labute approximate surface area is 243 Å². The summed E-state index contributed by atoms with van der Waals surface area (Å²) in [5.41, 5.74) is 4.24. The van der Waals surface area contributed by atoms with Crippen LogP contribution in [-0.2, 0) is 33.5 Å². The first-order valence-corrected chi connectivity index (χ1v) is 12.6. The molecular formula is C33H28N4OPt-2. The van der Waals surface area contributed by atoms with E-state index in [0.29, 0.717) is 11.5 Å². The number of benzene rings is 2. The van der Waals surface area contributed by atoms with Gasteiger partial charge in [-0.1, -0.05) is 73.4 Å². The van der Waals surface area contributed by atoms with Crippen molar-refractivity contribution in [2.45, 2.75) is 26.2 Å². The largest absolute Gasteiger partial charge is 0.510 e. The molecule has 5 aromatic rings. The molecule has 0 aliphatic heterocycles. The fourth-order valence-electron chi connectivity index (χ4n) is 4.56. The quantitative estimate of drug-likeness (QED) is 0.206. The molecule has 1 aliphatic rings. The van der Waals surface area contributed by atoms with Crippen LogP contribution >= 0.6 is 0 Å². The molecule has 6 rings (SSSR count). The predicted molar refractivity (Wildman–Crippen MR) is 149 cm³/mol. The number of allylic oxidation sites excluding steroid dienone is 4. The van der Waals surface area contributed by atoms with E-state index in [1.165, 1.54) is 5.56 Å². The van der Waals surface area contributed by atoms with E-state index in [4.69, 9.17) is 4.74 Å². The van der Waals surface area contributed by atoms with E-state index >= 15 is 0 Å². The fourth-order valence-corrected chi connectivity index (χ4v) is 4.56. The van der Waals surface area contributed by atoms with Crippen molar-refractivity contribution in [1.29, 1.82) is 0 Å². The molecule has 39 heavy (non-hydrogen) atoms. The van der Waals surface area contributed by atoms with E-state index in [-0.39, 0.29) is 26.5 Å². The summed E-state index contributed by atoms with van der Waals surface area (Å²) in [7, 11) is 1.99. The van der Waals surface area contributed by atoms with E-state index in [9.17, 15) is 0 Å². The third kappa shape index (κ3) is 5.32. The van der Waals surface area contributed by atoms with Crippen LogP contribution in [0.25, 0.3) is 34.7 Å². The predicted octanol–water partition coefficient (Wildman–Crippen LogP) is 4.51. The van der Waals surface area contributed by atoms with Crippen LogP contribution in [0.3, 0.4) is 0 Å². The average molecular weight is 692 g/mol. The molecule has 0 N–H and O–H groups in total. The smallest absolute Gasteiger partial charge is 0.242 e. The number of para-hydroxylation sites is 2. The maximum atomic E-state index is 6.33. The normalized spacial score (nSPS) is 16.8. The zero-order valence-corrected chi connectivity index (χ0v) is 24.5. The molecule has 6 heteroatoms. The number of imidazole rings is 1. The van der Waals surface area contributed by atoms with Gasteiger partial charge in [-0.3, -0.25) is 0 Å². The minimum atomic E-state index is 0. The van der Waals surface area contributed by atoms with Crippen LogP contribution in [0.1, 0.15) is 26.3 Å². The Kier molecular flexibility index (Phi) is 7.29. The SMILES string of the molecule is Cn1[c-][n+](-c2[c-]c(OC3=C/C=C\C=c4\ccn(-c5cc(C(C)(C)C)ccn5)\c4=[C-]\3)ccc2)c2ccccc21.[Pt]. The first-order chi connectivity index (χ1) is 18.4. The number of hydrogen-bond donors (Lipinski definition) is 0. The van der Waals surface area contributed by atoms with Crippen molar-refractivity contribution < 1.29 is 30.4 Å². The van der Waals surface area contributed by atoms with Gasteiger partial charge < -0.3 is 18.4 Å². The number of aromatic nitrogens is 4. The number of hydrogen-bond acceptors (Lipinski definition) is 2. The van der Waals surface area contributed by atoms with Gasteiger partial charge in [0.15, 0.2) is 0 Å². The summed E-state index contributed by atoms with van der Waals surface area (Å²) in [6, 6.07) is 23.8. The molecule has 0 unspecified atom stereocenters. The number of ether oxygens (including phenoxy) is 1.